The third-order valence-corrected chi connectivity index (χ3v) is 5.46. The molecule has 0 bridgehead atoms. The van der Waals surface area contributed by atoms with Crippen molar-refractivity contribution in [3.8, 4) is 0 Å². The number of carbonyl (C=O) groups excluding carboxylic acids is 2. The Hall–Kier alpha value is -2.16. The normalized spacial score (nSPS) is 20.8. The first-order valence-corrected chi connectivity index (χ1v) is 10.3. The highest BCUT2D eigenvalue weighted by molar-refractivity contribution is 6.35. The second-order valence-electron chi connectivity index (χ2n) is 7.71. The number of nitrogens with one attached hydrogen (secondary N) is 2. The van der Waals surface area contributed by atoms with Gasteiger partial charge in [-0.15, -0.1) is 0 Å². The molecule has 2 N–H and O–H groups in total. The number of anilines is 1. The molecule has 2 unspecified atom stereocenters. The van der Waals surface area contributed by atoms with Crippen LogP contribution in [0.5, 0.6) is 0 Å². The van der Waals surface area contributed by atoms with Crippen molar-refractivity contribution in [2.24, 2.45) is 0 Å². The van der Waals surface area contributed by atoms with Gasteiger partial charge in [0.15, 0.2) is 0 Å². The Labute approximate surface area is 172 Å². The molecule has 0 aliphatic carbocycles. The Morgan fingerprint density at radius 1 is 1.10 bits per heavy atom. The summed E-state index contributed by atoms with van der Waals surface area (Å²) in [6, 6.07) is 8.29. The number of morpholine rings is 1. The van der Waals surface area contributed by atoms with Crippen LogP contribution in [0.25, 0.3) is 0 Å². The Morgan fingerprint density at radius 2 is 1.79 bits per heavy atom. The number of carbonyl (C=O) groups is 2. The second-order valence-corrected chi connectivity index (χ2v) is 7.71. The van der Waals surface area contributed by atoms with Crippen LogP contribution in [0, 0.1) is 0 Å². The lowest BCUT2D eigenvalue weighted by atomic mass is 10.0. The topological polar surface area (TPSA) is 83.1 Å². The van der Waals surface area contributed by atoms with E-state index in [1.54, 1.807) is 0 Å². The van der Waals surface area contributed by atoms with Crippen LogP contribution in [-0.4, -0.2) is 82.9 Å². The maximum Gasteiger partial charge on any atom is 0.309 e. The molecule has 2 amide bonds. The second kappa shape index (κ2) is 10.6. The molecule has 3 rings (SSSR count). The zero-order chi connectivity index (χ0) is 20.6. The average Bonchev–Trinajstić information content (AvgIpc) is 3.27. The molecule has 0 radical (unpaired) electrons. The van der Waals surface area contributed by atoms with E-state index in [4.69, 9.17) is 9.47 Å². The van der Waals surface area contributed by atoms with E-state index in [-0.39, 0.29) is 12.1 Å². The summed E-state index contributed by atoms with van der Waals surface area (Å²) in [5.41, 5.74) is 2.23. The van der Waals surface area contributed by atoms with Gasteiger partial charge >= 0.3 is 11.8 Å². The molecule has 160 valence electrons. The lowest BCUT2D eigenvalue weighted by molar-refractivity contribution is -0.139. The number of hydrogen-bond acceptors (Lipinski definition) is 6. The van der Waals surface area contributed by atoms with Gasteiger partial charge in [0.2, 0.25) is 0 Å². The quantitative estimate of drug-likeness (QED) is 0.646. The van der Waals surface area contributed by atoms with E-state index in [0.717, 1.165) is 43.8 Å². The molecule has 29 heavy (non-hydrogen) atoms. The zero-order valence-corrected chi connectivity index (χ0v) is 17.4. The van der Waals surface area contributed by atoms with Gasteiger partial charge in [0, 0.05) is 52.6 Å². The summed E-state index contributed by atoms with van der Waals surface area (Å²) in [4.78, 5) is 28.8. The van der Waals surface area contributed by atoms with Crippen molar-refractivity contribution >= 4 is 17.5 Å². The molecule has 2 atom stereocenters. The van der Waals surface area contributed by atoms with Crippen molar-refractivity contribution in [2.45, 2.75) is 25.0 Å². The largest absolute Gasteiger partial charge is 0.379 e. The fourth-order valence-electron chi connectivity index (χ4n) is 3.70. The van der Waals surface area contributed by atoms with Gasteiger partial charge in [-0.3, -0.25) is 14.5 Å². The summed E-state index contributed by atoms with van der Waals surface area (Å²) in [5, 5.41) is 5.48. The van der Waals surface area contributed by atoms with E-state index in [1.807, 2.05) is 19.0 Å². The Balaban J connectivity index is 1.58. The van der Waals surface area contributed by atoms with Crippen LogP contribution in [0.15, 0.2) is 24.3 Å². The van der Waals surface area contributed by atoms with Crippen LogP contribution in [-0.2, 0) is 19.1 Å². The van der Waals surface area contributed by atoms with E-state index in [0.29, 0.717) is 26.3 Å². The van der Waals surface area contributed by atoms with Gasteiger partial charge in [-0.2, -0.15) is 0 Å². The number of nitrogens with zero attached hydrogens (tertiary/aromatic N) is 2. The van der Waals surface area contributed by atoms with Crippen molar-refractivity contribution in [1.29, 1.82) is 0 Å². The fourth-order valence-corrected chi connectivity index (χ4v) is 3.70. The van der Waals surface area contributed by atoms with E-state index >= 15 is 0 Å². The standard InChI is InChI=1S/C21H32N4O4/c1-24(2)17-7-5-16(6-8-17)19(25-9-12-28-13-10-25)15-23-21(27)20(26)22-14-18-4-3-11-29-18/h5-8,18-19H,3-4,9-15H2,1-2H3,(H,22,26)(H,23,27). The third kappa shape index (κ3) is 6.16. The zero-order valence-electron chi connectivity index (χ0n) is 17.4. The molecular weight excluding hydrogens is 372 g/mol. The first kappa shape index (κ1) is 21.5. The van der Waals surface area contributed by atoms with Crippen molar-refractivity contribution in [1.82, 2.24) is 15.5 Å². The first-order valence-electron chi connectivity index (χ1n) is 10.3. The summed E-state index contributed by atoms with van der Waals surface area (Å²) in [6.07, 6.45) is 1.94. The van der Waals surface area contributed by atoms with Crippen molar-refractivity contribution in [3.05, 3.63) is 29.8 Å². The third-order valence-electron chi connectivity index (χ3n) is 5.46. The van der Waals surface area contributed by atoms with E-state index < -0.39 is 11.8 Å². The van der Waals surface area contributed by atoms with E-state index in [9.17, 15) is 9.59 Å². The fraction of sp³-hybridized carbons (Fsp3) is 0.619. The maximum absolute atomic E-state index is 12.3. The Kier molecular flexibility index (Phi) is 7.85. The predicted octanol–water partition coefficient (Wildman–Crippen LogP) is 0.537. The minimum Gasteiger partial charge on any atom is -0.379 e. The molecule has 2 aliphatic rings. The molecule has 2 heterocycles. The monoisotopic (exact) mass is 404 g/mol. The number of benzene rings is 1. The smallest absolute Gasteiger partial charge is 0.309 e. The summed E-state index contributed by atoms with van der Waals surface area (Å²) >= 11 is 0. The van der Waals surface area contributed by atoms with Crippen LogP contribution in [0.2, 0.25) is 0 Å². The molecule has 0 saturated carbocycles. The molecule has 2 aliphatic heterocycles. The molecular formula is C21H32N4O4. The maximum atomic E-state index is 12.3. The number of ether oxygens (including phenoxy) is 2. The highest BCUT2D eigenvalue weighted by Crippen LogP contribution is 2.23. The molecule has 1 aromatic rings. The van der Waals surface area contributed by atoms with Gasteiger partial charge < -0.3 is 25.0 Å². The number of amides is 2. The Morgan fingerprint density at radius 3 is 2.41 bits per heavy atom. The summed E-state index contributed by atoms with van der Waals surface area (Å²) < 4.78 is 10.9. The number of rotatable bonds is 7. The number of hydrogen-bond donors (Lipinski definition) is 2. The van der Waals surface area contributed by atoms with Crippen molar-refractivity contribution < 1.29 is 19.1 Å². The van der Waals surface area contributed by atoms with Gasteiger partial charge in [0.25, 0.3) is 0 Å². The summed E-state index contributed by atoms with van der Waals surface area (Å²) in [7, 11) is 4.01. The van der Waals surface area contributed by atoms with E-state index in [1.165, 1.54) is 0 Å². The predicted molar refractivity (Wildman–Crippen MR) is 111 cm³/mol. The van der Waals surface area contributed by atoms with Gasteiger partial charge in [0.05, 0.1) is 25.4 Å². The van der Waals surface area contributed by atoms with Crippen LogP contribution in [0.1, 0.15) is 24.4 Å². The Bertz CT molecular complexity index is 668. The van der Waals surface area contributed by atoms with E-state index in [2.05, 4.69) is 39.8 Å². The molecule has 0 spiro atoms. The van der Waals surface area contributed by atoms with Gasteiger partial charge in [-0.05, 0) is 30.5 Å². The molecule has 2 fully saturated rings. The van der Waals surface area contributed by atoms with Gasteiger partial charge in [-0.25, -0.2) is 0 Å². The lowest BCUT2D eigenvalue weighted by Crippen LogP contribution is -2.47. The van der Waals surface area contributed by atoms with Gasteiger partial charge in [0.1, 0.15) is 0 Å². The summed E-state index contributed by atoms with van der Waals surface area (Å²) in [6.45, 7) is 4.39. The summed E-state index contributed by atoms with van der Waals surface area (Å²) in [5.74, 6) is -1.21. The van der Waals surface area contributed by atoms with Crippen molar-refractivity contribution in [2.75, 3.05) is 65.0 Å². The van der Waals surface area contributed by atoms with Crippen LogP contribution >= 0.6 is 0 Å². The molecule has 8 nitrogen and oxygen atoms in total. The highest BCUT2D eigenvalue weighted by atomic mass is 16.5. The minimum atomic E-state index is -0.607. The molecule has 0 aromatic heterocycles. The molecule has 8 heteroatoms. The molecule has 2 saturated heterocycles. The highest BCUT2D eigenvalue weighted by Gasteiger charge is 2.25. The first-order chi connectivity index (χ1) is 14.0. The van der Waals surface area contributed by atoms with Crippen LogP contribution < -0.4 is 15.5 Å². The van der Waals surface area contributed by atoms with Gasteiger partial charge in [-0.1, -0.05) is 12.1 Å². The average molecular weight is 405 g/mol. The van der Waals surface area contributed by atoms with Crippen molar-refractivity contribution in [3.63, 3.8) is 0 Å². The van der Waals surface area contributed by atoms with Crippen LogP contribution in [0.3, 0.4) is 0 Å². The van der Waals surface area contributed by atoms with Crippen LogP contribution in [0.4, 0.5) is 5.69 Å². The lowest BCUT2D eigenvalue weighted by Gasteiger charge is -2.35. The molecule has 1 aromatic carbocycles. The SMILES string of the molecule is CN(C)c1ccc(C(CNC(=O)C(=O)NCC2CCCO2)N2CCOCC2)cc1. The minimum absolute atomic E-state index is 0.00923.